The van der Waals surface area contributed by atoms with E-state index in [1.807, 2.05) is 0 Å². The molecular formula is C7H20N2+2. The Labute approximate surface area is 57.6 Å². The van der Waals surface area contributed by atoms with Crippen LogP contribution in [0.3, 0.4) is 0 Å². The van der Waals surface area contributed by atoms with E-state index in [2.05, 4.69) is 11.5 Å². The van der Waals surface area contributed by atoms with Gasteiger partial charge in [0.05, 0.1) is 13.1 Å². The van der Waals surface area contributed by atoms with Gasteiger partial charge in [0.15, 0.2) is 0 Å². The van der Waals surface area contributed by atoms with Crippen molar-refractivity contribution in [3.8, 4) is 0 Å². The standard InChI is InChI=1S/C6H13N.CH5N/c7-6-4-2-1-3-5-6;1-2/h6H,1-5,7H2;2H2,1H3/p+2. The molecule has 6 N–H and O–H groups in total. The Morgan fingerprint density at radius 2 is 1.44 bits per heavy atom. The Morgan fingerprint density at radius 3 is 1.67 bits per heavy atom. The molecule has 1 fully saturated rings. The zero-order valence-electron chi connectivity index (χ0n) is 6.53. The normalized spacial score (nSPS) is 20.3. The van der Waals surface area contributed by atoms with E-state index in [0.29, 0.717) is 0 Å². The lowest BCUT2D eigenvalue weighted by atomic mass is 9.97. The predicted octanol–water partition coefficient (Wildman–Crippen LogP) is -0.581. The summed E-state index contributed by atoms with van der Waals surface area (Å²) in [6.45, 7) is 0. The lowest BCUT2D eigenvalue weighted by Gasteiger charge is -2.12. The fourth-order valence-corrected chi connectivity index (χ4v) is 1.19. The van der Waals surface area contributed by atoms with E-state index in [1.165, 1.54) is 32.1 Å². The Balaban J connectivity index is 0.000000291. The molecule has 0 aromatic heterocycles. The van der Waals surface area contributed by atoms with Gasteiger partial charge in [-0.05, 0) is 25.7 Å². The predicted molar refractivity (Wildman–Crippen MR) is 38.6 cm³/mol. The molecule has 0 aromatic carbocycles. The van der Waals surface area contributed by atoms with Gasteiger partial charge in [-0.3, -0.25) is 0 Å². The average Bonchev–Trinajstić information content (AvgIpc) is 1.94. The summed E-state index contributed by atoms with van der Waals surface area (Å²) in [4.78, 5) is 0. The second-order valence-electron chi connectivity index (χ2n) is 2.50. The van der Waals surface area contributed by atoms with E-state index in [9.17, 15) is 0 Å². The SMILES string of the molecule is C[NH3+].[NH3+]C1CCCCC1. The highest BCUT2D eigenvalue weighted by molar-refractivity contribution is 4.60. The topological polar surface area (TPSA) is 55.3 Å². The molecule has 1 aliphatic rings. The molecule has 1 aliphatic carbocycles. The molecule has 0 aromatic rings. The van der Waals surface area contributed by atoms with Crippen LogP contribution in [0.1, 0.15) is 32.1 Å². The van der Waals surface area contributed by atoms with E-state index in [0.717, 1.165) is 6.04 Å². The van der Waals surface area contributed by atoms with Gasteiger partial charge in [0.1, 0.15) is 0 Å². The highest BCUT2D eigenvalue weighted by Crippen LogP contribution is 2.13. The summed E-state index contributed by atoms with van der Waals surface area (Å²) >= 11 is 0. The molecule has 1 rings (SSSR count). The van der Waals surface area contributed by atoms with Gasteiger partial charge in [-0.1, -0.05) is 6.42 Å². The molecule has 1 saturated carbocycles. The molecule has 0 unspecified atom stereocenters. The molecule has 2 nitrogen and oxygen atoms in total. The second-order valence-corrected chi connectivity index (χ2v) is 2.50. The summed E-state index contributed by atoms with van der Waals surface area (Å²) in [7, 11) is 1.75. The zero-order chi connectivity index (χ0) is 7.11. The summed E-state index contributed by atoms with van der Waals surface area (Å²) in [5, 5.41) is 0. The summed E-state index contributed by atoms with van der Waals surface area (Å²) in [6, 6.07) is 0.786. The molecule has 0 radical (unpaired) electrons. The maximum absolute atomic E-state index is 4.00. The van der Waals surface area contributed by atoms with Gasteiger partial charge in [-0.25, -0.2) is 0 Å². The molecule has 0 bridgehead atoms. The van der Waals surface area contributed by atoms with Crippen LogP contribution in [0.15, 0.2) is 0 Å². The highest BCUT2D eigenvalue weighted by Gasteiger charge is 2.09. The van der Waals surface area contributed by atoms with Crippen LogP contribution in [0, 0.1) is 0 Å². The van der Waals surface area contributed by atoms with Crippen LogP contribution in [0.2, 0.25) is 0 Å². The molecule has 0 atom stereocenters. The van der Waals surface area contributed by atoms with Crippen molar-refractivity contribution in [1.82, 2.24) is 0 Å². The third-order valence-corrected chi connectivity index (χ3v) is 1.72. The van der Waals surface area contributed by atoms with E-state index in [-0.39, 0.29) is 0 Å². The van der Waals surface area contributed by atoms with Crippen molar-refractivity contribution >= 4 is 0 Å². The maximum Gasteiger partial charge on any atom is 0.0843 e. The minimum Gasteiger partial charge on any atom is -0.360 e. The van der Waals surface area contributed by atoms with Gasteiger partial charge in [-0.15, -0.1) is 0 Å². The van der Waals surface area contributed by atoms with Crippen molar-refractivity contribution in [3.05, 3.63) is 0 Å². The molecule has 0 heterocycles. The van der Waals surface area contributed by atoms with Crippen molar-refractivity contribution in [1.29, 1.82) is 0 Å². The summed E-state index contributed by atoms with van der Waals surface area (Å²) in [6.07, 6.45) is 7.05. The van der Waals surface area contributed by atoms with Crippen molar-refractivity contribution in [2.45, 2.75) is 38.1 Å². The largest absolute Gasteiger partial charge is 0.360 e. The Morgan fingerprint density at radius 1 is 1.00 bits per heavy atom. The molecule has 56 valence electrons. The molecule has 9 heavy (non-hydrogen) atoms. The van der Waals surface area contributed by atoms with Crippen molar-refractivity contribution in [2.75, 3.05) is 7.05 Å². The van der Waals surface area contributed by atoms with Gasteiger partial charge in [-0.2, -0.15) is 0 Å². The van der Waals surface area contributed by atoms with Crippen LogP contribution < -0.4 is 11.5 Å². The van der Waals surface area contributed by atoms with Gasteiger partial charge in [0.25, 0.3) is 0 Å². The number of hydrogen-bond donors (Lipinski definition) is 2. The van der Waals surface area contributed by atoms with Crippen LogP contribution in [0.25, 0.3) is 0 Å². The first-order chi connectivity index (χ1) is 4.39. The van der Waals surface area contributed by atoms with Gasteiger partial charge in [0.2, 0.25) is 0 Å². The van der Waals surface area contributed by atoms with Crippen LogP contribution in [0.4, 0.5) is 0 Å². The molecule has 0 saturated heterocycles. The fourth-order valence-electron chi connectivity index (χ4n) is 1.19. The average molecular weight is 132 g/mol. The number of quaternary nitrogens is 2. The van der Waals surface area contributed by atoms with Gasteiger partial charge < -0.3 is 11.5 Å². The van der Waals surface area contributed by atoms with E-state index in [4.69, 9.17) is 0 Å². The minimum absolute atomic E-state index is 0.786. The summed E-state index contributed by atoms with van der Waals surface area (Å²) < 4.78 is 0. The Kier molecular flexibility index (Phi) is 5.99. The quantitative estimate of drug-likeness (QED) is 0.443. The van der Waals surface area contributed by atoms with E-state index < -0.39 is 0 Å². The molecule has 0 amide bonds. The summed E-state index contributed by atoms with van der Waals surface area (Å²) in [5.41, 5.74) is 7.25. The monoisotopic (exact) mass is 132 g/mol. The van der Waals surface area contributed by atoms with Crippen molar-refractivity contribution < 1.29 is 11.5 Å². The first kappa shape index (κ1) is 8.92. The maximum atomic E-state index is 4.00. The minimum atomic E-state index is 0.786. The van der Waals surface area contributed by atoms with E-state index >= 15 is 0 Å². The van der Waals surface area contributed by atoms with Crippen molar-refractivity contribution in [3.63, 3.8) is 0 Å². The van der Waals surface area contributed by atoms with Crippen LogP contribution in [-0.4, -0.2) is 13.1 Å². The third-order valence-electron chi connectivity index (χ3n) is 1.72. The van der Waals surface area contributed by atoms with Gasteiger partial charge >= 0.3 is 0 Å². The lowest BCUT2D eigenvalue weighted by Crippen LogP contribution is -2.61. The van der Waals surface area contributed by atoms with Crippen LogP contribution in [0.5, 0.6) is 0 Å². The summed E-state index contributed by atoms with van der Waals surface area (Å²) in [5.74, 6) is 0. The first-order valence-electron chi connectivity index (χ1n) is 3.93. The highest BCUT2D eigenvalue weighted by atomic mass is 14.6. The molecule has 2 heteroatoms. The second kappa shape index (κ2) is 6.05. The number of rotatable bonds is 0. The molecule has 0 spiro atoms. The molecule has 0 aliphatic heterocycles. The van der Waals surface area contributed by atoms with Gasteiger partial charge in [0, 0.05) is 0 Å². The Hall–Kier alpha value is -0.0800. The smallest absolute Gasteiger partial charge is 0.0843 e. The molecular weight excluding hydrogens is 112 g/mol. The first-order valence-corrected chi connectivity index (χ1v) is 3.93. The lowest BCUT2D eigenvalue weighted by molar-refractivity contribution is -0.425. The fraction of sp³-hybridized carbons (Fsp3) is 1.00. The van der Waals surface area contributed by atoms with Crippen LogP contribution >= 0.6 is 0 Å². The van der Waals surface area contributed by atoms with E-state index in [1.54, 1.807) is 7.05 Å². The number of hydrogen-bond acceptors (Lipinski definition) is 0. The third kappa shape index (κ3) is 4.43. The Bertz CT molecular complexity index is 48.9. The van der Waals surface area contributed by atoms with Crippen molar-refractivity contribution in [2.24, 2.45) is 0 Å². The zero-order valence-corrected chi connectivity index (χ0v) is 6.53. The van der Waals surface area contributed by atoms with Crippen LogP contribution in [-0.2, 0) is 0 Å².